The molecule has 0 fully saturated rings. The van der Waals surface area contributed by atoms with Crippen LogP contribution >= 0.6 is 0 Å². The Hall–Kier alpha value is -0.730. The lowest BCUT2D eigenvalue weighted by atomic mass is 10.4. The molecule has 0 saturated carbocycles. The Kier molecular flexibility index (Phi) is 2.20. The van der Waals surface area contributed by atoms with Crippen molar-refractivity contribution in [3.05, 3.63) is 0 Å². The van der Waals surface area contributed by atoms with Gasteiger partial charge in [0.15, 0.2) is 0 Å². The molecular formula is C3H7N3. The first kappa shape index (κ1) is 5.27. The number of rotatable bonds is 2. The number of hydrogen-bond acceptors (Lipinski definition) is 3. The maximum absolute atomic E-state index is 6.47. The van der Waals surface area contributed by atoms with Crippen molar-refractivity contribution in [3.8, 4) is 0 Å². The van der Waals surface area contributed by atoms with Gasteiger partial charge in [-0.15, -0.1) is 0 Å². The molecule has 3 heteroatoms. The Labute approximate surface area is 36.4 Å². The minimum atomic E-state index is -0.231. The highest BCUT2D eigenvalue weighted by atomic mass is 15.0. The van der Waals surface area contributed by atoms with Gasteiger partial charge in [0.1, 0.15) is 6.04 Å². The summed E-state index contributed by atoms with van der Waals surface area (Å²) in [5, 5.41) is 9.48. The van der Waals surface area contributed by atoms with E-state index in [1.807, 2.05) is 0 Å². The fraction of sp³-hybridized carbons (Fsp3) is 0.667. The van der Waals surface area contributed by atoms with E-state index in [0.717, 1.165) is 6.21 Å². The molecule has 0 aliphatic carbocycles. The molecule has 0 rings (SSSR count). The van der Waals surface area contributed by atoms with Gasteiger partial charge in [-0.2, -0.15) is 5.11 Å². The van der Waals surface area contributed by atoms with Crippen LogP contribution in [-0.4, -0.2) is 12.3 Å². The molecule has 0 spiro atoms. The van der Waals surface area contributed by atoms with Crippen LogP contribution in [0.1, 0.15) is 6.92 Å². The van der Waals surface area contributed by atoms with Crippen LogP contribution in [0.25, 0.3) is 0 Å². The van der Waals surface area contributed by atoms with Crippen molar-refractivity contribution in [1.82, 2.24) is 0 Å². The van der Waals surface area contributed by atoms with Gasteiger partial charge in [0.05, 0.1) is 0 Å². The third-order valence-electron chi connectivity index (χ3n) is 0.445. The minimum absolute atomic E-state index is 0.231. The third-order valence-corrected chi connectivity index (χ3v) is 0.445. The largest absolute Gasteiger partial charge is 0.311 e. The van der Waals surface area contributed by atoms with Crippen molar-refractivity contribution in [2.75, 3.05) is 0 Å². The van der Waals surface area contributed by atoms with Crippen LogP contribution in [0, 0.1) is 10.9 Å². The molecular weight excluding hydrogens is 78.1 g/mol. The van der Waals surface area contributed by atoms with E-state index in [0.29, 0.717) is 0 Å². The predicted octanol–water partition coefficient (Wildman–Crippen LogP) is 1.06. The zero-order valence-corrected chi connectivity index (χ0v) is 3.60. The molecule has 1 unspecified atom stereocenters. The highest BCUT2D eigenvalue weighted by Gasteiger charge is 1.84. The number of nitrogens with one attached hydrogen (secondary N) is 2. The Balaban J connectivity index is 3.21. The van der Waals surface area contributed by atoms with E-state index < -0.39 is 0 Å². The van der Waals surface area contributed by atoms with E-state index >= 15 is 0 Å². The molecule has 0 heterocycles. The summed E-state index contributed by atoms with van der Waals surface area (Å²) >= 11 is 0. The zero-order valence-electron chi connectivity index (χ0n) is 3.60. The number of nitrogens with zero attached hydrogens (tertiary/aromatic N) is 1. The van der Waals surface area contributed by atoms with Crippen LogP contribution in [-0.2, 0) is 0 Å². The molecule has 0 aromatic carbocycles. The van der Waals surface area contributed by atoms with Gasteiger partial charge in [-0.05, 0) is 6.92 Å². The lowest BCUT2D eigenvalue weighted by Gasteiger charge is -1.84. The van der Waals surface area contributed by atoms with Crippen molar-refractivity contribution in [1.29, 1.82) is 10.9 Å². The summed E-state index contributed by atoms with van der Waals surface area (Å²) in [6, 6.07) is -0.231. The van der Waals surface area contributed by atoms with E-state index in [4.69, 9.17) is 10.9 Å². The van der Waals surface area contributed by atoms with Crippen LogP contribution in [0.3, 0.4) is 0 Å². The summed E-state index contributed by atoms with van der Waals surface area (Å²) in [6.45, 7) is 1.68. The third kappa shape index (κ3) is 1.58. The lowest BCUT2D eigenvalue weighted by Crippen LogP contribution is -1.93. The van der Waals surface area contributed by atoms with Crippen LogP contribution < -0.4 is 0 Å². The van der Waals surface area contributed by atoms with Crippen molar-refractivity contribution in [3.63, 3.8) is 0 Å². The molecule has 1 atom stereocenters. The second-order valence-electron chi connectivity index (χ2n) is 1.04. The molecule has 0 aliphatic heterocycles. The Morgan fingerprint density at radius 2 is 2.33 bits per heavy atom. The molecule has 0 amide bonds. The molecule has 0 radical (unpaired) electrons. The summed E-state index contributed by atoms with van der Waals surface area (Å²) < 4.78 is 0. The van der Waals surface area contributed by atoms with Crippen molar-refractivity contribution in [2.45, 2.75) is 13.0 Å². The van der Waals surface area contributed by atoms with Gasteiger partial charge in [0.2, 0.25) is 0 Å². The van der Waals surface area contributed by atoms with Gasteiger partial charge in [-0.1, -0.05) is 0 Å². The molecule has 0 aromatic rings. The van der Waals surface area contributed by atoms with Gasteiger partial charge in [0.25, 0.3) is 0 Å². The SMILES string of the molecule is CC(C=N)N=N. The number of hydrogen-bond donors (Lipinski definition) is 2. The lowest BCUT2D eigenvalue weighted by molar-refractivity contribution is 0.859. The van der Waals surface area contributed by atoms with Gasteiger partial charge >= 0.3 is 0 Å². The Morgan fingerprint density at radius 3 is 2.33 bits per heavy atom. The maximum atomic E-state index is 6.47. The van der Waals surface area contributed by atoms with Gasteiger partial charge in [-0.3, -0.25) is 0 Å². The maximum Gasteiger partial charge on any atom is 0.102 e. The molecule has 34 valence electrons. The molecule has 6 heavy (non-hydrogen) atoms. The normalized spacial score (nSPS) is 12.8. The zero-order chi connectivity index (χ0) is 4.99. The molecule has 0 aliphatic rings. The van der Waals surface area contributed by atoms with Crippen molar-refractivity contribution < 1.29 is 0 Å². The fourth-order valence-corrected chi connectivity index (χ4v) is 0.0373. The fourth-order valence-electron chi connectivity index (χ4n) is 0.0373. The van der Waals surface area contributed by atoms with E-state index in [-0.39, 0.29) is 6.04 Å². The van der Waals surface area contributed by atoms with E-state index in [2.05, 4.69) is 5.11 Å². The van der Waals surface area contributed by atoms with Crippen molar-refractivity contribution in [2.24, 2.45) is 5.11 Å². The van der Waals surface area contributed by atoms with E-state index in [1.165, 1.54) is 0 Å². The summed E-state index contributed by atoms with van der Waals surface area (Å²) in [4.78, 5) is 0. The first-order chi connectivity index (χ1) is 2.81. The summed E-state index contributed by atoms with van der Waals surface area (Å²) in [5.74, 6) is 0. The molecule has 0 bridgehead atoms. The molecule has 3 nitrogen and oxygen atoms in total. The predicted molar refractivity (Wildman–Crippen MR) is 23.4 cm³/mol. The second kappa shape index (κ2) is 2.50. The van der Waals surface area contributed by atoms with Gasteiger partial charge < -0.3 is 5.41 Å². The molecule has 0 aromatic heterocycles. The van der Waals surface area contributed by atoms with Crippen molar-refractivity contribution >= 4 is 6.21 Å². The van der Waals surface area contributed by atoms with Crippen LogP contribution in [0.5, 0.6) is 0 Å². The quantitative estimate of drug-likeness (QED) is 0.372. The van der Waals surface area contributed by atoms with Crippen LogP contribution in [0.4, 0.5) is 0 Å². The minimum Gasteiger partial charge on any atom is -0.311 e. The van der Waals surface area contributed by atoms with E-state index in [1.54, 1.807) is 6.92 Å². The smallest absolute Gasteiger partial charge is 0.102 e. The summed E-state index contributed by atoms with van der Waals surface area (Å²) in [5.41, 5.74) is 6.28. The van der Waals surface area contributed by atoms with Gasteiger partial charge in [-0.25, -0.2) is 5.53 Å². The van der Waals surface area contributed by atoms with Crippen LogP contribution in [0.2, 0.25) is 0 Å². The first-order valence-electron chi connectivity index (χ1n) is 1.68. The summed E-state index contributed by atoms with van der Waals surface area (Å²) in [7, 11) is 0. The average molecular weight is 85.1 g/mol. The summed E-state index contributed by atoms with van der Waals surface area (Å²) in [6.07, 6.45) is 1.12. The topological polar surface area (TPSA) is 60.1 Å². The molecule has 0 saturated heterocycles. The van der Waals surface area contributed by atoms with Gasteiger partial charge in [0, 0.05) is 6.21 Å². The highest BCUT2D eigenvalue weighted by molar-refractivity contribution is 5.59. The second-order valence-corrected chi connectivity index (χ2v) is 1.04. The first-order valence-corrected chi connectivity index (χ1v) is 1.68. The average Bonchev–Trinajstić information content (AvgIpc) is 1.65. The Morgan fingerprint density at radius 1 is 1.83 bits per heavy atom. The van der Waals surface area contributed by atoms with E-state index in [9.17, 15) is 0 Å². The standard InChI is InChI=1S/C3H7N3/c1-3(2-4)6-5/h2-5H,1H3. The van der Waals surface area contributed by atoms with Crippen LogP contribution in [0.15, 0.2) is 5.11 Å². The molecule has 2 N–H and O–H groups in total. The Bertz CT molecular complexity index is 51.1. The monoisotopic (exact) mass is 85.1 g/mol. The highest BCUT2D eigenvalue weighted by Crippen LogP contribution is 1.77.